The predicted molar refractivity (Wildman–Crippen MR) is 53.5 cm³/mol. The van der Waals surface area contributed by atoms with Gasteiger partial charge in [0.15, 0.2) is 5.58 Å². The van der Waals surface area contributed by atoms with Crippen LogP contribution in [0.3, 0.4) is 0 Å². The molecule has 0 atom stereocenters. The van der Waals surface area contributed by atoms with Crippen molar-refractivity contribution in [2.45, 2.75) is 13.2 Å². The SMILES string of the molecule is O=c1oc2ccc(CO)cc2n1CCO. The molecule has 2 rings (SSSR count). The first-order valence-electron chi connectivity index (χ1n) is 4.60. The van der Waals surface area contributed by atoms with Crippen LogP contribution in [-0.4, -0.2) is 21.4 Å². The van der Waals surface area contributed by atoms with Crippen molar-refractivity contribution in [2.24, 2.45) is 0 Å². The molecule has 15 heavy (non-hydrogen) atoms. The molecule has 1 aromatic carbocycles. The van der Waals surface area contributed by atoms with E-state index in [1.54, 1.807) is 18.2 Å². The number of fused-ring (bicyclic) bond motifs is 1. The Morgan fingerprint density at radius 1 is 1.33 bits per heavy atom. The number of aliphatic hydroxyl groups is 2. The van der Waals surface area contributed by atoms with Crippen LogP contribution in [0, 0.1) is 0 Å². The molecule has 0 aliphatic rings. The van der Waals surface area contributed by atoms with E-state index in [2.05, 4.69) is 0 Å². The summed E-state index contributed by atoms with van der Waals surface area (Å²) in [6.07, 6.45) is 0. The fourth-order valence-electron chi connectivity index (χ4n) is 1.52. The van der Waals surface area contributed by atoms with Gasteiger partial charge in [-0.15, -0.1) is 0 Å². The fourth-order valence-corrected chi connectivity index (χ4v) is 1.52. The van der Waals surface area contributed by atoms with Gasteiger partial charge in [0.25, 0.3) is 0 Å². The molecule has 80 valence electrons. The summed E-state index contributed by atoms with van der Waals surface area (Å²) >= 11 is 0. The van der Waals surface area contributed by atoms with E-state index in [-0.39, 0.29) is 19.8 Å². The zero-order chi connectivity index (χ0) is 10.8. The highest BCUT2D eigenvalue weighted by atomic mass is 16.4. The lowest BCUT2D eigenvalue weighted by Gasteiger charge is -1.99. The zero-order valence-electron chi connectivity index (χ0n) is 8.01. The van der Waals surface area contributed by atoms with Gasteiger partial charge in [-0.05, 0) is 17.7 Å². The second-order valence-electron chi connectivity index (χ2n) is 3.20. The second kappa shape index (κ2) is 3.88. The van der Waals surface area contributed by atoms with Crippen molar-refractivity contribution in [3.8, 4) is 0 Å². The molecule has 0 spiro atoms. The average molecular weight is 209 g/mol. The third-order valence-corrected chi connectivity index (χ3v) is 2.24. The van der Waals surface area contributed by atoms with E-state index in [9.17, 15) is 4.79 Å². The number of hydrogen-bond donors (Lipinski definition) is 2. The number of oxazole rings is 1. The number of hydrogen-bond acceptors (Lipinski definition) is 4. The fraction of sp³-hybridized carbons (Fsp3) is 0.300. The molecular weight excluding hydrogens is 198 g/mol. The predicted octanol–water partition coefficient (Wildman–Crippen LogP) is 0.0791. The highest BCUT2D eigenvalue weighted by molar-refractivity contribution is 5.73. The van der Waals surface area contributed by atoms with Crippen LogP contribution in [-0.2, 0) is 13.2 Å². The minimum Gasteiger partial charge on any atom is -0.408 e. The maximum Gasteiger partial charge on any atom is 0.420 e. The van der Waals surface area contributed by atoms with Gasteiger partial charge < -0.3 is 14.6 Å². The van der Waals surface area contributed by atoms with Crippen LogP contribution in [0.1, 0.15) is 5.56 Å². The molecule has 2 N–H and O–H groups in total. The molecule has 2 aromatic rings. The Hall–Kier alpha value is -1.59. The van der Waals surface area contributed by atoms with Crippen LogP contribution in [0.25, 0.3) is 11.1 Å². The van der Waals surface area contributed by atoms with Crippen molar-refractivity contribution in [2.75, 3.05) is 6.61 Å². The summed E-state index contributed by atoms with van der Waals surface area (Å²) in [6, 6.07) is 5.00. The van der Waals surface area contributed by atoms with Gasteiger partial charge in [0.2, 0.25) is 0 Å². The molecule has 0 saturated carbocycles. The Labute approximate surface area is 85.2 Å². The van der Waals surface area contributed by atoms with Gasteiger partial charge in [-0.3, -0.25) is 4.57 Å². The van der Waals surface area contributed by atoms with Crippen molar-refractivity contribution < 1.29 is 14.6 Å². The maximum atomic E-state index is 11.4. The van der Waals surface area contributed by atoms with Gasteiger partial charge in [0.05, 0.1) is 25.3 Å². The van der Waals surface area contributed by atoms with Crippen molar-refractivity contribution in [3.63, 3.8) is 0 Å². The Kier molecular flexibility index (Phi) is 2.57. The molecule has 0 radical (unpaired) electrons. The van der Waals surface area contributed by atoms with E-state index >= 15 is 0 Å². The van der Waals surface area contributed by atoms with E-state index < -0.39 is 5.76 Å². The van der Waals surface area contributed by atoms with Crippen molar-refractivity contribution >= 4 is 11.1 Å². The van der Waals surface area contributed by atoms with Crippen molar-refractivity contribution in [1.29, 1.82) is 0 Å². The van der Waals surface area contributed by atoms with Gasteiger partial charge in [-0.2, -0.15) is 0 Å². The highest BCUT2D eigenvalue weighted by Crippen LogP contribution is 2.14. The largest absolute Gasteiger partial charge is 0.420 e. The van der Waals surface area contributed by atoms with E-state index in [1.165, 1.54) is 4.57 Å². The summed E-state index contributed by atoms with van der Waals surface area (Å²) in [4.78, 5) is 11.4. The molecular formula is C10H11NO4. The lowest BCUT2D eigenvalue weighted by atomic mass is 10.2. The molecule has 0 amide bonds. The Balaban J connectivity index is 2.66. The second-order valence-corrected chi connectivity index (χ2v) is 3.20. The Morgan fingerprint density at radius 2 is 2.13 bits per heavy atom. The van der Waals surface area contributed by atoms with Crippen LogP contribution in [0.5, 0.6) is 0 Å². The number of aliphatic hydroxyl groups excluding tert-OH is 2. The molecule has 0 bridgehead atoms. The number of benzene rings is 1. The normalized spacial score (nSPS) is 11.1. The standard InChI is InChI=1S/C10H11NO4/c12-4-3-11-8-5-7(6-13)1-2-9(8)15-10(11)14/h1-2,5,12-13H,3-4,6H2. The van der Waals surface area contributed by atoms with Gasteiger partial charge in [-0.1, -0.05) is 6.07 Å². The van der Waals surface area contributed by atoms with E-state index in [0.717, 1.165) is 0 Å². The highest BCUT2D eigenvalue weighted by Gasteiger charge is 2.08. The third-order valence-electron chi connectivity index (χ3n) is 2.24. The van der Waals surface area contributed by atoms with Crippen LogP contribution < -0.4 is 5.76 Å². The van der Waals surface area contributed by atoms with Crippen molar-refractivity contribution in [3.05, 3.63) is 34.3 Å². The van der Waals surface area contributed by atoms with Crippen LogP contribution >= 0.6 is 0 Å². The smallest absolute Gasteiger partial charge is 0.408 e. The number of rotatable bonds is 3. The summed E-state index contributed by atoms with van der Waals surface area (Å²) in [5.74, 6) is -0.492. The van der Waals surface area contributed by atoms with Crippen molar-refractivity contribution in [1.82, 2.24) is 4.57 Å². The van der Waals surface area contributed by atoms with E-state index in [0.29, 0.717) is 16.7 Å². The van der Waals surface area contributed by atoms with Gasteiger partial charge >= 0.3 is 5.76 Å². The van der Waals surface area contributed by atoms with Gasteiger partial charge in [-0.25, -0.2) is 4.79 Å². The molecule has 0 aliphatic heterocycles. The molecule has 0 aliphatic carbocycles. The first-order chi connectivity index (χ1) is 7.26. The minimum absolute atomic E-state index is 0.0889. The van der Waals surface area contributed by atoms with Crippen LogP contribution in [0.4, 0.5) is 0 Å². The Morgan fingerprint density at radius 3 is 2.80 bits per heavy atom. The van der Waals surface area contributed by atoms with E-state index in [1.807, 2.05) is 0 Å². The minimum atomic E-state index is -0.492. The summed E-state index contributed by atoms with van der Waals surface area (Å²) in [6.45, 7) is -0.0208. The quantitative estimate of drug-likeness (QED) is 0.750. The molecule has 0 saturated heterocycles. The summed E-state index contributed by atoms with van der Waals surface area (Å²) in [5, 5.41) is 17.8. The Bertz CT molecular complexity index is 526. The molecule has 5 nitrogen and oxygen atoms in total. The topological polar surface area (TPSA) is 75.6 Å². The number of nitrogens with zero attached hydrogens (tertiary/aromatic N) is 1. The lowest BCUT2D eigenvalue weighted by molar-refractivity contribution is 0.272. The number of aromatic nitrogens is 1. The monoisotopic (exact) mass is 209 g/mol. The maximum absolute atomic E-state index is 11.4. The summed E-state index contributed by atoms with van der Waals surface area (Å²) in [7, 11) is 0. The third kappa shape index (κ3) is 1.67. The molecule has 5 heteroatoms. The first-order valence-corrected chi connectivity index (χ1v) is 4.60. The molecule has 1 aromatic heterocycles. The van der Waals surface area contributed by atoms with Gasteiger partial charge in [0.1, 0.15) is 0 Å². The van der Waals surface area contributed by atoms with Crippen LogP contribution in [0.2, 0.25) is 0 Å². The van der Waals surface area contributed by atoms with Crippen LogP contribution in [0.15, 0.2) is 27.4 Å². The lowest BCUT2D eigenvalue weighted by Crippen LogP contribution is -2.16. The molecule has 0 fully saturated rings. The summed E-state index contributed by atoms with van der Waals surface area (Å²) < 4.78 is 6.31. The summed E-state index contributed by atoms with van der Waals surface area (Å²) in [5.41, 5.74) is 1.77. The average Bonchev–Trinajstić information content (AvgIpc) is 2.55. The molecule has 1 heterocycles. The van der Waals surface area contributed by atoms with Gasteiger partial charge in [0, 0.05) is 0 Å². The zero-order valence-corrected chi connectivity index (χ0v) is 8.01. The molecule has 0 unspecified atom stereocenters. The first kappa shape index (κ1) is 9.95. The van der Waals surface area contributed by atoms with E-state index in [4.69, 9.17) is 14.6 Å².